The lowest BCUT2D eigenvalue weighted by Gasteiger charge is -2.00. The molecule has 1 heterocycles. The molecule has 2 rings (SSSR count). The van der Waals surface area contributed by atoms with Gasteiger partial charge in [0.05, 0.1) is 7.11 Å². The molecule has 0 fully saturated rings. The predicted molar refractivity (Wildman–Crippen MR) is 69.6 cm³/mol. The lowest BCUT2D eigenvalue weighted by molar-refractivity contribution is 0.0603. The first-order valence-corrected chi connectivity index (χ1v) is 6.80. The van der Waals surface area contributed by atoms with E-state index in [2.05, 4.69) is 13.0 Å². The number of thiophene rings is 1. The number of hydrogen-bond acceptors (Lipinski definition) is 4. The van der Waals surface area contributed by atoms with Crippen molar-refractivity contribution in [2.75, 3.05) is 12.9 Å². The smallest absolute Gasteiger partial charge is 0.349 e. The van der Waals surface area contributed by atoms with Crippen molar-refractivity contribution in [3.8, 4) is 0 Å². The van der Waals surface area contributed by atoms with Crippen molar-refractivity contribution in [3.05, 3.63) is 29.1 Å². The van der Waals surface area contributed by atoms with Crippen molar-refractivity contribution >= 4 is 39.2 Å². The van der Waals surface area contributed by atoms with Crippen LogP contribution in [0.25, 0.3) is 10.1 Å². The Morgan fingerprint density at radius 2 is 2.19 bits per heavy atom. The predicted octanol–water partition coefficient (Wildman–Crippen LogP) is 3.80. The summed E-state index contributed by atoms with van der Waals surface area (Å²) < 4.78 is 5.95. The van der Waals surface area contributed by atoms with E-state index in [1.54, 1.807) is 11.8 Å². The number of carbonyl (C=O) groups excluding carboxylic acids is 1. The van der Waals surface area contributed by atoms with Gasteiger partial charge >= 0.3 is 5.97 Å². The maximum Gasteiger partial charge on any atom is 0.349 e. The summed E-state index contributed by atoms with van der Waals surface area (Å²) in [6.07, 6.45) is 0. The van der Waals surface area contributed by atoms with E-state index < -0.39 is 0 Å². The van der Waals surface area contributed by atoms with E-state index >= 15 is 0 Å². The van der Waals surface area contributed by atoms with Crippen LogP contribution in [0.2, 0.25) is 0 Å². The SMILES string of the molecule is CCSc1c(C(=O)OC)sc2ccccc12. The zero-order valence-electron chi connectivity index (χ0n) is 9.15. The average Bonchev–Trinajstić information content (AvgIpc) is 2.68. The van der Waals surface area contributed by atoms with Crippen molar-refractivity contribution < 1.29 is 9.53 Å². The highest BCUT2D eigenvalue weighted by Gasteiger charge is 2.18. The summed E-state index contributed by atoms with van der Waals surface area (Å²) in [5, 5.41) is 1.15. The molecule has 0 bridgehead atoms. The number of esters is 1. The van der Waals surface area contributed by atoms with Gasteiger partial charge in [-0.15, -0.1) is 23.1 Å². The topological polar surface area (TPSA) is 26.3 Å². The van der Waals surface area contributed by atoms with Crippen molar-refractivity contribution in [2.24, 2.45) is 0 Å². The highest BCUT2D eigenvalue weighted by Crippen LogP contribution is 2.38. The van der Waals surface area contributed by atoms with Crippen molar-refractivity contribution in [2.45, 2.75) is 11.8 Å². The van der Waals surface area contributed by atoms with Crippen LogP contribution in [-0.2, 0) is 4.74 Å². The molecule has 0 aliphatic rings. The van der Waals surface area contributed by atoms with Gasteiger partial charge in [-0.25, -0.2) is 4.79 Å². The van der Waals surface area contributed by atoms with E-state index in [9.17, 15) is 4.79 Å². The van der Waals surface area contributed by atoms with E-state index in [0.717, 1.165) is 25.6 Å². The minimum Gasteiger partial charge on any atom is -0.465 e. The molecule has 0 N–H and O–H groups in total. The van der Waals surface area contributed by atoms with Crippen LogP contribution < -0.4 is 0 Å². The molecule has 1 aromatic heterocycles. The quantitative estimate of drug-likeness (QED) is 0.614. The Labute approximate surface area is 103 Å². The lowest BCUT2D eigenvalue weighted by atomic mass is 10.2. The lowest BCUT2D eigenvalue weighted by Crippen LogP contribution is -1.99. The summed E-state index contributed by atoms with van der Waals surface area (Å²) in [4.78, 5) is 13.4. The van der Waals surface area contributed by atoms with Crippen LogP contribution in [0, 0.1) is 0 Å². The molecule has 1 aromatic carbocycles. The number of carbonyl (C=O) groups is 1. The minimum absolute atomic E-state index is 0.239. The normalized spacial score (nSPS) is 10.6. The molecule has 0 atom stereocenters. The summed E-state index contributed by atoms with van der Waals surface area (Å²) in [7, 11) is 1.42. The molecular formula is C12H12O2S2. The van der Waals surface area contributed by atoms with Crippen LogP contribution in [0.5, 0.6) is 0 Å². The fraction of sp³-hybridized carbons (Fsp3) is 0.250. The third-order valence-corrected chi connectivity index (χ3v) is 4.49. The standard InChI is InChI=1S/C12H12O2S2/c1-3-15-10-8-6-4-5-7-9(8)16-11(10)12(13)14-2/h4-7H,3H2,1-2H3. The van der Waals surface area contributed by atoms with Gasteiger partial charge in [-0.2, -0.15) is 0 Å². The zero-order chi connectivity index (χ0) is 11.5. The molecule has 0 saturated carbocycles. The maximum absolute atomic E-state index is 11.7. The summed E-state index contributed by atoms with van der Waals surface area (Å²) >= 11 is 3.19. The van der Waals surface area contributed by atoms with Crippen molar-refractivity contribution in [3.63, 3.8) is 0 Å². The molecule has 0 amide bonds. The second-order valence-corrected chi connectivity index (χ2v) is 5.51. The zero-order valence-corrected chi connectivity index (χ0v) is 10.8. The first-order chi connectivity index (χ1) is 7.77. The third kappa shape index (κ3) is 1.95. The number of benzene rings is 1. The van der Waals surface area contributed by atoms with Gasteiger partial charge in [0, 0.05) is 15.0 Å². The Kier molecular flexibility index (Phi) is 3.51. The van der Waals surface area contributed by atoms with E-state index in [1.807, 2.05) is 18.2 Å². The van der Waals surface area contributed by atoms with Gasteiger partial charge in [-0.1, -0.05) is 25.1 Å². The monoisotopic (exact) mass is 252 g/mol. The van der Waals surface area contributed by atoms with Crippen LogP contribution in [0.15, 0.2) is 29.2 Å². The maximum atomic E-state index is 11.7. The number of fused-ring (bicyclic) bond motifs is 1. The van der Waals surface area contributed by atoms with Gasteiger partial charge in [0.1, 0.15) is 4.88 Å². The summed E-state index contributed by atoms with van der Waals surface area (Å²) in [5.41, 5.74) is 0. The number of thioether (sulfide) groups is 1. The molecule has 0 spiro atoms. The molecule has 2 aromatic rings. The average molecular weight is 252 g/mol. The Bertz CT molecular complexity index is 517. The first-order valence-electron chi connectivity index (χ1n) is 5.00. The fourth-order valence-corrected chi connectivity index (χ4v) is 3.76. The van der Waals surface area contributed by atoms with Crippen molar-refractivity contribution in [1.82, 2.24) is 0 Å². The van der Waals surface area contributed by atoms with E-state index in [4.69, 9.17) is 4.74 Å². The second kappa shape index (κ2) is 4.89. The van der Waals surface area contributed by atoms with Crippen LogP contribution in [-0.4, -0.2) is 18.8 Å². The second-order valence-electron chi connectivity index (χ2n) is 3.18. The number of hydrogen-bond donors (Lipinski definition) is 0. The minimum atomic E-state index is -0.239. The van der Waals surface area contributed by atoms with Crippen LogP contribution in [0.4, 0.5) is 0 Å². The summed E-state index contributed by atoms with van der Waals surface area (Å²) in [5.74, 6) is 0.710. The highest BCUT2D eigenvalue weighted by atomic mass is 32.2. The van der Waals surface area contributed by atoms with Gasteiger partial charge in [-0.05, 0) is 11.8 Å². The van der Waals surface area contributed by atoms with Gasteiger partial charge < -0.3 is 4.74 Å². The number of ether oxygens (including phenoxy) is 1. The largest absolute Gasteiger partial charge is 0.465 e. The molecule has 84 valence electrons. The fourth-order valence-electron chi connectivity index (χ4n) is 1.54. The van der Waals surface area contributed by atoms with Gasteiger partial charge in [0.15, 0.2) is 0 Å². The molecule has 0 unspecified atom stereocenters. The van der Waals surface area contributed by atoms with E-state index in [0.29, 0.717) is 0 Å². The molecule has 0 saturated heterocycles. The van der Waals surface area contributed by atoms with Gasteiger partial charge in [0.25, 0.3) is 0 Å². The third-order valence-electron chi connectivity index (χ3n) is 2.21. The van der Waals surface area contributed by atoms with Gasteiger partial charge in [-0.3, -0.25) is 0 Å². The van der Waals surface area contributed by atoms with Crippen LogP contribution in [0.3, 0.4) is 0 Å². The molecule has 0 aliphatic heterocycles. The molecule has 16 heavy (non-hydrogen) atoms. The molecule has 4 heteroatoms. The Morgan fingerprint density at radius 3 is 2.88 bits per heavy atom. The Hall–Kier alpha value is -1.00. The molecule has 0 radical (unpaired) electrons. The van der Waals surface area contributed by atoms with Crippen LogP contribution >= 0.6 is 23.1 Å². The van der Waals surface area contributed by atoms with E-state index in [-0.39, 0.29) is 5.97 Å². The highest BCUT2D eigenvalue weighted by molar-refractivity contribution is 7.99. The van der Waals surface area contributed by atoms with Crippen molar-refractivity contribution in [1.29, 1.82) is 0 Å². The Morgan fingerprint density at radius 1 is 1.44 bits per heavy atom. The van der Waals surface area contributed by atoms with E-state index in [1.165, 1.54) is 18.4 Å². The number of methoxy groups -OCH3 is 1. The van der Waals surface area contributed by atoms with Crippen LogP contribution in [0.1, 0.15) is 16.6 Å². The summed E-state index contributed by atoms with van der Waals surface area (Å²) in [6.45, 7) is 2.08. The van der Waals surface area contributed by atoms with Gasteiger partial charge in [0.2, 0.25) is 0 Å². The summed E-state index contributed by atoms with van der Waals surface area (Å²) in [6, 6.07) is 8.07. The first kappa shape index (κ1) is 11.5. The molecule has 0 aliphatic carbocycles. The Balaban J connectivity index is 2.62. The number of rotatable bonds is 3. The molecular weight excluding hydrogens is 240 g/mol. The molecule has 2 nitrogen and oxygen atoms in total.